The van der Waals surface area contributed by atoms with Crippen molar-refractivity contribution in [1.29, 1.82) is 0 Å². The van der Waals surface area contributed by atoms with Crippen LogP contribution >= 0.6 is 11.3 Å². The third-order valence-corrected chi connectivity index (χ3v) is 3.90. The Labute approximate surface area is 103 Å². The Hall–Kier alpha value is -1.40. The van der Waals surface area contributed by atoms with Gasteiger partial charge in [0.25, 0.3) is 0 Å². The molecule has 0 radical (unpaired) electrons. The summed E-state index contributed by atoms with van der Waals surface area (Å²) in [6, 6.07) is 1.70. The highest BCUT2D eigenvalue weighted by molar-refractivity contribution is 7.12. The molecule has 17 heavy (non-hydrogen) atoms. The average molecular weight is 254 g/mol. The highest BCUT2D eigenvalue weighted by atomic mass is 32.1. The Balaban J connectivity index is 2.12. The quantitative estimate of drug-likeness (QED) is 0.791. The number of esters is 1. The molecule has 0 atom stereocenters. The molecule has 0 bridgehead atoms. The van der Waals surface area contributed by atoms with Crippen molar-refractivity contribution in [3.63, 3.8) is 0 Å². The summed E-state index contributed by atoms with van der Waals surface area (Å²) >= 11 is 1.24. The zero-order chi connectivity index (χ0) is 12.5. The van der Waals surface area contributed by atoms with E-state index in [0.717, 1.165) is 12.8 Å². The lowest BCUT2D eigenvalue weighted by Crippen LogP contribution is -2.31. The van der Waals surface area contributed by atoms with Crippen molar-refractivity contribution in [1.82, 2.24) is 0 Å². The minimum atomic E-state index is -0.437. The van der Waals surface area contributed by atoms with Crippen LogP contribution in [0.3, 0.4) is 0 Å². The molecule has 6 heteroatoms. The van der Waals surface area contributed by atoms with Crippen molar-refractivity contribution in [2.75, 3.05) is 19.0 Å². The number of methoxy groups -OCH3 is 1. The second-order valence-corrected chi connectivity index (χ2v) is 5.01. The lowest BCUT2D eigenvalue weighted by atomic mass is 10.1. The highest BCUT2D eigenvalue weighted by Crippen LogP contribution is 2.45. The number of thiophene rings is 1. The maximum atomic E-state index is 12.0. The molecule has 1 heterocycles. The molecule has 0 spiro atoms. The minimum absolute atomic E-state index is 0.108. The summed E-state index contributed by atoms with van der Waals surface area (Å²) in [5.41, 5.74) is 5.66. The first kappa shape index (κ1) is 12.1. The number of carbonyl (C=O) groups excluding carboxylic acids is 2. The number of hydrogen-bond acceptors (Lipinski definition) is 5. The van der Waals surface area contributed by atoms with Crippen LogP contribution < -0.4 is 11.1 Å². The van der Waals surface area contributed by atoms with Crippen LogP contribution in [0, 0.1) is 5.41 Å². The zero-order valence-corrected chi connectivity index (χ0v) is 10.3. The molecule has 1 fully saturated rings. The van der Waals surface area contributed by atoms with Crippen LogP contribution in [0.1, 0.15) is 22.5 Å². The lowest BCUT2D eigenvalue weighted by molar-refractivity contribution is -0.120. The second kappa shape index (κ2) is 4.46. The Morgan fingerprint density at radius 1 is 1.59 bits per heavy atom. The molecule has 92 valence electrons. The van der Waals surface area contributed by atoms with Gasteiger partial charge in [-0.3, -0.25) is 4.79 Å². The van der Waals surface area contributed by atoms with Gasteiger partial charge in [-0.1, -0.05) is 0 Å². The first-order valence-electron chi connectivity index (χ1n) is 5.30. The SMILES string of the molecule is COC(=O)c1sccc1NC(=O)C1(CN)CC1. The summed E-state index contributed by atoms with van der Waals surface area (Å²) in [7, 11) is 1.32. The van der Waals surface area contributed by atoms with Crippen molar-refractivity contribution < 1.29 is 14.3 Å². The normalized spacial score (nSPS) is 16.4. The maximum Gasteiger partial charge on any atom is 0.350 e. The van der Waals surface area contributed by atoms with E-state index in [-0.39, 0.29) is 5.91 Å². The van der Waals surface area contributed by atoms with E-state index >= 15 is 0 Å². The van der Waals surface area contributed by atoms with Crippen LogP contribution in [-0.4, -0.2) is 25.5 Å². The molecule has 0 aliphatic heterocycles. The molecule has 0 aromatic carbocycles. The van der Waals surface area contributed by atoms with E-state index in [1.54, 1.807) is 11.4 Å². The van der Waals surface area contributed by atoms with Gasteiger partial charge < -0.3 is 15.8 Å². The second-order valence-electron chi connectivity index (χ2n) is 4.09. The van der Waals surface area contributed by atoms with Gasteiger partial charge in [0.15, 0.2) is 0 Å². The van der Waals surface area contributed by atoms with Crippen molar-refractivity contribution >= 4 is 28.9 Å². The number of carbonyl (C=O) groups is 2. The van der Waals surface area contributed by atoms with Gasteiger partial charge in [-0.05, 0) is 24.3 Å². The molecule has 0 unspecified atom stereocenters. The number of nitrogens with one attached hydrogen (secondary N) is 1. The predicted octanol–water partition coefficient (Wildman–Crippen LogP) is 1.21. The van der Waals surface area contributed by atoms with Crippen LogP contribution in [0.25, 0.3) is 0 Å². The number of rotatable bonds is 4. The van der Waals surface area contributed by atoms with Crippen LogP contribution in [0.5, 0.6) is 0 Å². The molecular formula is C11H14N2O3S. The standard InChI is InChI=1S/C11H14N2O3S/c1-16-9(14)8-7(2-5-17-8)13-10(15)11(6-12)3-4-11/h2,5H,3-4,6,12H2,1H3,(H,13,15). The van der Waals surface area contributed by atoms with Crippen molar-refractivity contribution in [3.8, 4) is 0 Å². The molecule has 1 aliphatic rings. The molecule has 1 aliphatic carbocycles. The summed E-state index contributed by atoms with van der Waals surface area (Å²) in [6.45, 7) is 0.344. The largest absolute Gasteiger partial charge is 0.465 e. The van der Waals surface area contributed by atoms with Gasteiger partial charge in [-0.2, -0.15) is 0 Å². The number of nitrogens with two attached hydrogens (primary N) is 1. The summed E-state index contributed by atoms with van der Waals surface area (Å²) in [6.07, 6.45) is 1.63. The number of anilines is 1. The fraction of sp³-hybridized carbons (Fsp3) is 0.455. The Bertz CT molecular complexity index is 451. The average Bonchev–Trinajstić information content (AvgIpc) is 3.02. The van der Waals surface area contributed by atoms with E-state index in [4.69, 9.17) is 5.73 Å². The van der Waals surface area contributed by atoms with Crippen LogP contribution in [0.15, 0.2) is 11.4 Å². The third-order valence-electron chi connectivity index (χ3n) is 3.01. The Morgan fingerprint density at radius 2 is 2.29 bits per heavy atom. The first-order valence-corrected chi connectivity index (χ1v) is 6.18. The molecule has 5 nitrogen and oxygen atoms in total. The number of hydrogen-bond donors (Lipinski definition) is 2. The molecule has 1 saturated carbocycles. The summed E-state index contributed by atoms with van der Waals surface area (Å²) in [5, 5.41) is 4.49. The highest BCUT2D eigenvalue weighted by Gasteiger charge is 2.48. The van der Waals surface area contributed by atoms with Crippen molar-refractivity contribution in [2.24, 2.45) is 11.1 Å². The number of ether oxygens (including phenoxy) is 1. The van der Waals surface area contributed by atoms with Gasteiger partial charge >= 0.3 is 5.97 Å². The molecule has 1 aromatic heterocycles. The van der Waals surface area contributed by atoms with Gasteiger partial charge in [0, 0.05) is 6.54 Å². The van der Waals surface area contributed by atoms with Crippen LogP contribution in [-0.2, 0) is 9.53 Å². The molecule has 3 N–H and O–H groups in total. The number of amides is 1. The zero-order valence-electron chi connectivity index (χ0n) is 9.49. The molecule has 0 saturated heterocycles. The smallest absolute Gasteiger partial charge is 0.350 e. The van der Waals surface area contributed by atoms with Crippen LogP contribution in [0.4, 0.5) is 5.69 Å². The molecule has 1 aromatic rings. The van der Waals surface area contributed by atoms with E-state index in [0.29, 0.717) is 17.1 Å². The third kappa shape index (κ3) is 2.18. The summed E-state index contributed by atoms with van der Waals surface area (Å²) in [4.78, 5) is 23.8. The van der Waals surface area contributed by atoms with E-state index in [9.17, 15) is 9.59 Å². The molecular weight excluding hydrogens is 240 g/mol. The van der Waals surface area contributed by atoms with Gasteiger partial charge in [0.05, 0.1) is 18.2 Å². The maximum absolute atomic E-state index is 12.0. The predicted molar refractivity (Wildman–Crippen MR) is 65.0 cm³/mol. The monoisotopic (exact) mass is 254 g/mol. The van der Waals surface area contributed by atoms with Gasteiger partial charge in [0.2, 0.25) is 5.91 Å². The van der Waals surface area contributed by atoms with E-state index in [1.165, 1.54) is 18.4 Å². The fourth-order valence-corrected chi connectivity index (χ4v) is 2.35. The fourth-order valence-electron chi connectivity index (χ4n) is 1.59. The summed E-state index contributed by atoms with van der Waals surface area (Å²) in [5.74, 6) is -0.545. The molecule has 2 rings (SSSR count). The van der Waals surface area contributed by atoms with E-state index in [2.05, 4.69) is 10.1 Å². The molecule has 1 amide bonds. The Kier molecular flexibility index (Phi) is 3.17. The van der Waals surface area contributed by atoms with E-state index in [1.807, 2.05) is 0 Å². The Morgan fingerprint density at radius 3 is 2.82 bits per heavy atom. The first-order chi connectivity index (χ1) is 8.13. The van der Waals surface area contributed by atoms with Crippen molar-refractivity contribution in [3.05, 3.63) is 16.3 Å². The van der Waals surface area contributed by atoms with E-state index < -0.39 is 11.4 Å². The van der Waals surface area contributed by atoms with Gasteiger partial charge in [0.1, 0.15) is 4.88 Å². The topological polar surface area (TPSA) is 81.4 Å². The lowest BCUT2D eigenvalue weighted by Gasteiger charge is -2.12. The van der Waals surface area contributed by atoms with Crippen LogP contribution in [0.2, 0.25) is 0 Å². The minimum Gasteiger partial charge on any atom is -0.465 e. The van der Waals surface area contributed by atoms with Gasteiger partial charge in [-0.25, -0.2) is 4.79 Å². The summed E-state index contributed by atoms with van der Waals surface area (Å²) < 4.78 is 4.64. The van der Waals surface area contributed by atoms with Crippen molar-refractivity contribution in [2.45, 2.75) is 12.8 Å². The van der Waals surface area contributed by atoms with Gasteiger partial charge in [-0.15, -0.1) is 11.3 Å².